The highest BCUT2D eigenvalue weighted by atomic mass is 32.1. The molecule has 8 nitrogen and oxygen atoms in total. The first-order valence-electron chi connectivity index (χ1n) is 10.5. The highest BCUT2D eigenvalue weighted by molar-refractivity contribution is 7.18. The fraction of sp³-hybridized carbons (Fsp3) is 0.304. The predicted octanol–water partition coefficient (Wildman–Crippen LogP) is 4.21. The van der Waals surface area contributed by atoms with E-state index in [9.17, 15) is 9.59 Å². The number of benzene rings is 2. The third-order valence-corrected chi connectivity index (χ3v) is 6.29. The van der Waals surface area contributed by atoms with E-state index >= 15 is 0 Å². The molecule has 1 atom stereocenters. The Bertz CT molecular complexity index is 1090. The van der Waals surface area contributed by atoms with Crippen LogP contribution < -0.4 is 15.5 Å². The normalized spacial score (nSPS) is 15.5. The Hall–Kier alpha value is -3.46. The molecule has 0 bridgehead atoms. The van der Waals surface area contributed by atoms with Gasteiger partial charge >= 0.3 is 6.03 Å². The second-order valence-corrected chi connectivity index (χ2v) is 8.97. The minimum absolute atomic E-state index is 0.243. The molecular weight excluding hydrogens is 424 g/mol. The largest absolute Gasteiger partial charge is 0.378 e. The Balaban J connectivity index is 1.39. The Morgan fingerprint density at radius 1 is 1.03 bits per heavy atom. The molecule has 0 radical (unpaired) electrons. The van der Waals surface area contributed by atoms with Crippen molar-refractivity contribution in [2.24, 2.45) is 0 Å². The first-order valence-corrected chi connectivity index (χ1v) is 11.3. The monoisotopic (exact) mass is 450 g/mol. The number of amides is 3. The number of carbonyl (C=O) groups excluding carboxylic acids is 2. The Morgan fingerprint density at radius 3 is 2.44 bits per heavy atom. The van der Waals surface area contributed by atoms with Gasteiger partial charge in [-0.1, -0.05) is 29.0 Å². The SMILES string of the molecule is Cc1ccc(NC(=O)N2CCCC2C(=O)Nc2nnc(-c3ccc(N(C)C)cc3)s2)cc1. The maximum absolute atomic E-state index is 12.9. The van der Waals surface area contributed by atoms with Gasteiger partial charge in [0.05, 0.1) is 0 Å². The van der Waals surface area contributed by atoms with Crippen LogP contribution in [0.1, 0.15) is 18.4 Å². The van der Waals surface area contributed by atoms with E-state index in [0.717, 1.165) is 28.2 Å². The molecule has 166 valence electrons. The molecule has 0 saturated carbocycles. The lowest BCUT2D eigenvalue weighted by molar-refractivity contribution is -0.119. The van der Waals surface area contributed by atoms with Gasteiger partial charge in [-0.2, -0.15) is 0 Å². The number of urea groups is 1. The van der Waals surface area contributed by atoms with Crippen LogP contribution in [-0.2, 0) is 4.79 Å². The summed E-state index contributed by atoms with van der Waals surface area (Å²) in [4.78, 5) is 29.2. The van der Waals surface area contributed by atoms with E-state index in [2.05, 4.69) is 20.8 Å². The summed E-state index contributed by atoms with van der Waals surface area (Å²) in [6.07, 6.45) is 1.39. The smallest absolute Gasteiger partial charge is 0.322 e. The van der Waals surface area contributed by atoms with E-state index in [1.54, 1.807) is 4.90 Å². The van der Waals surface area contributed by atoms with Gasteiger partial charge in [0.25, 0.3) is 0 Å². The number of likely N-dealkylation sites (tertiary alicyclic amines) is 1. The second kappa shape index (κ2) is 9.35. The van der Waals surface area contributed by atoms with Crippen molar-refractivity contribution >= 4 is 39.8 Å². The summed E-state index contributed by atoms with van der Waals surface area (Å²) in [6, 6.07) is 14.8. The van der Waals surface area contributed by atoms with Crippen molar-refractivity contribution in [3.8, 4) is 10.6 Å². The van der Waals surface area contributed by atoms with E-state index in [1.807, 2.05) is 74.4 Å². The van der Waals surface area contributed by atoms with Crippen LogP contribution in [0, 0.1) is 6.92 Å². The van der Waals surface area contributed by atoms with Gasteiger partial charge in [-0.25, -0.2) is 4.79 Å². The summed E-state index contributed by atoms with van der Waals surface area (Å²) in [5, 5.41) is 15.2. The number of anilines is 3. The zero-order valence-corrected chi connectivity index (χ0v) is 19.1. The van der Waals surface area contributed by atoms with Crippen LogP contribution in [0.5, 0.6) is 0 Å². The van der Waals surface area contributed by atoms with Crippen molar-refractivity contribution in [1.29, 1.82) is 0 Å². The number of nitrogens with one attached hydrogen (secondary N) is 2. The fourth-order valence-corrected chi connectivity index (χ4v) is 4.35. The molecule has 0 aliphatic carbocycles. The summed E-state index contributed by atoms with van der Waals surface area (Å²) in [5.41, 5.74) is 3.86. The molecule has 3 aromatic rings. The van der Waals surface area contributed by atoms with Crippen LogP contribution in [0.2, 0.25) is 0 Å². The quantitative estimate of drug-likeness (QED) is 0.608. The van der Waals surface area contributed by atoms with Crippen LogP contribution in [0.15, 0.2) is 48.5 Å². The molecule has 0 spiro atoms. The third-order valence-electron chi connectivity index (χ3n) is 5.40. The van der Waals surface area contributed by atoms with Crippen molar-refractivity contribution in [3.63, 3.8) is 0 Å². The number of hydrogen-bond acceptors (Lipinski definition) is 6. The molecule has 9 heteroatoms. The summed E-state index contributed by atoms with van der Waals surface area (Å²) in [5.74, 6) is -0.243. The van der Waals surface area contributed by atoms with E-state index in [0.29, 0.717) is 23.8 Å². The van der Waals surface area contributed by atoms with Gasteiger partial charge in [-0.05, 0) is 56.2 Å². The molecular formula is C23H26N6O2S. The van der Waals surface area contributed by atoms with Crippen LogP contribution >= 0.6 is 11.3 Å². The molecule has 2 N–H and O–H groups in total. The summed E-state index contributed by atoms with van der Waals surface area (Å²) >= 11 is 1.31. The summed E-state index contributed by atoms with van der Waals surface area (Å²) < 4.78 is 0. The lowest BCUT2D eigenvalue weighted by atomic mass is 10.2. The van der Waals surface area contributed by atoms with Crippen molar-refractivity contribution in [3.05, 3.63) is 54.1 Å². The van der Waals surface area contributed by atoms with Crippen LogP contribution in [0.3, 0.4) is 0 Å². The van der Waals surface area contributed by atoms with Gasteiger partial charge in [0.2, 0.25) is 11.0 Å². The van der Waals surface area contributed by atoms with Gasteiger partial charge < -0.3 is 15.1 Å². The molecule has 3 amide bonds. The zero-order valence-electron chi connectivity index (χ0n) is 18.3. The van der Waals surface area contributed by atoms with E-state index in [4.69, 9.17) is 0 Å². The van der Waals surface area contributed by atoms with E-state index < -0.39 is 6.04 Å². The van der Waals surface area contributed by atoms with Crippen LogP contribution in [0.4, 0.5) is 21.3 Å². The van der Waals surface area contributed by atoms with Crippen molar-refractivity contribution < 1.29 is 9.59 Å². The van der Waals surface area contributed by atoms with Crippen LogP contribution in [-0.4, -0.2) is 53.7 Å². The van der Waals surface area contributed by atoms with Gasteiger partial charge in [0.1, 0.15) is 11.0 Å². The fourth-order valence-electron chi connectivity index (χ4n) is 3.60. The standard InChI is InChI=1S/C23H26N6O2S/c1-15-6-10-17(11-7-15)24-23(31)29-14-4-5-19(29)20(30)25-22-27-26-21(32-22)16-8-12-18(13-9-16)28(2)3/h6-13,19H,4-5,14H2,1-3H3,(H,24,31)(H,25,27,30). The predicted molar refractivity (Wildman–Crippen MR) is 128 cm³/mol. The Labute approximate surface area is 191 Å². The Kier molecular flexibility index (Phi) is 6.36. The van der Waals surface area contributed by atoms with Gasteiger partial charge in [-0.15, -0.1) is 10.2 Å². The first kappa shape index (κ1) is 21.8. The molecule has 1 aliphatic heterocycles. The van der Waals surface area contributed by atoms with Crippen molar-refractivity contribution in [2.45, 2.75) is 25.8 Å². The minimum atomic E-state index is -0.535. The maximum atomic E-state index is 12.9. The molecule has 1 aromatic heterocycles. The van der Waals surface area contributed by atoms with Gasteiger partial charge in [-0.3, -0.25) is 10.1 Å². The Morgan fingerprint density at radius 2 is 1.75 bits per heavy atom. The molecule has 32 heavy (non-hydrogen) atoms. The van der Waals surface area contributed by atoms with Gasteiger partial charge in [0.15, 0.2) is 0 Å². The lowest BCUT2D eigenvalue weighted by Crippen LogP contribution is -2.45. The third kappa shape index (κ3) is 4.88. The zero-order chi connectivity index (χ0) is 22.7. The number of hydrogen-bond donors (Lipinski definition) is 2. The van der Waals surface area contributed by atoms with E-state index in [1.165, 1.54) is 11.3 Å². The minimum Gasteiger partial charge on any atom is -0.378 e. The topological polar surface area (TPSA) is 90.5 Å². The first-order chi connectivity index (χ1) is 15.4. The van der Waals surface area contributed by atoms with Gasteiger partial charge in [0, 0.05) is 37.6 Å². The number of carbonyl (C=O) groups is 2. The molecule has 1 saturated heterocycles. The highest BCUT2D eigenvalue weighted by Crippen LogP contribution is 2.28. The highest BCUT2D eigenvalue weighted by Gasteiger charge is 2.34. The molecule has 4 rings (SSSR count). The molecule has 1 fully saturated rings. The second-order valence-electron chi connectivity index (χ2n) is 7.99. The molecule has 2 aromatic carbocycles. The number of rotatable bonds is 5. The number of aromatic nitrogens is 2. The molecule has 2 heterocycles. The van der Waals surface area contributed by atoms with Crippen molar-refractivity contribution in [1.82, 2.24) is 15.1 Å². The maximum Gasteiger partial charge on any atom is 0.322 e. The van der Waals surface area contributed by atoms with E-state index in [-0.39, 0.29) is 11.9 Å². The molecule has 1 unspecified atom stereocenters. The molecule has 1 aliphatic rings. The number of nitrogens with zero attached hydrogens (tertiary/aromatic N) is 4. The lowest BCUT2D eigenvalue weighted by Gasteiger charge is -2.23. The van der Waals surface area contributed by atoms with Crippen molar-refractivity contribution in [2.75, 3.05) is 36.2 Å². The summed E-state index contributed by atoms with van der Waals surface area (Å²) in [6.45, 7) is 2.53. The number of aryl methyl sites for hydroxylation is 1. The average Bonchev–Trinajstić information content (AvgIpc) is 3.45. The average molecular weight is 451 g/mol. The van der Waals surface area contributed by atoms with Crippen LogP contribution in [0.25, 0.3) is 10.6 Å². The summed E-state index contributed by atoms with van der Waals surface area (Å²) in [7, 11) is 3.97.